The molecule has 0 radical (unpaired) electrons. The summed E-state index contributed by atoms with van der Waals surface area (Å²) in [6, 6.07) is 6.19. The van der Waals surface area contributed by atoms with E-state index < -0.39 is 6.09 Å². The van der Waals surface area contributed by atoms with Gasteiger partial charge in [-0.15, -0.1) is 11.8 Å². The van der Waals surface area contributed by atoms with Crippen LogP contribution in [0.4, 0.5) is 10.7 Å². The molecule has 1 aromatic heterocycles. The number of H-pyrrole nitrogens is 1. The lowest BCUT2D eigenvalue weighted by Gasteiger charge is -2.20. The molecule has 1 aromatic carbocycles. The van der Waals surface area contributed by atoms with Crippen LogP contribution in [0.15, 0.2) is 23.1 Å². The number of hydrogen-bond donors (Lipinski definition) is 2. The Balaban J connectivity index is 1.65. The molecule has 2 aromatic rings. The van der Waals surface area contributed by atoms with Gasteiger partial charge in [0, 0.05) is 10.6 Å². The SMILES string of the molecule is COC(=O)Nc1nc2cc(SCC3CCCCC3)ccc2[nH]1. The third-order valence-corrected chi connectivity index (χ3v) is 5.30. The van der Waals surface area contributed by atoms with Gasteiger partial charge in [-0.3, -0.25) is 5.32 Å². The minimum Gasteiger partial charge on any atom is -0.453 e. The van der Waals surface area contributed by atoms with E-state index >= 15 is 0 Å². The molecule has 2 N–H and O–H groups in total. The Morgan fingerprint density at radius 1 is 1.41 bits per heavy atom. The van der Waals surface area contributed by atoms with Crippen molar-refractivity contribution in [1.29, 1.82) is 0 Å². The van der Waals surface area contributed by atoms with Gasteiger partial charge >= 0.3 is 6.09 Å². The van der Waals surface area contributed by atoms with E-state index in [0.717, 1.165) is 17.0 Å². The number of carbonyl (C=O) groups excluding carboxylic acids is 1. The Morgan fingerprint density at radius 2 is 2.23 bits per heavy atom. The molecule has 5 nitrogen and oxygen atoms in total. The maximum absolute atomic E-state index is 11.2. The highest BCUT2D eigenvalue weighted by Gasteiger charge is 2.14. The second kappa shape index (κ2) is 7.05. The summed E-state index contributed by atoms with van der Waals surface area (Å²) >= 11 is 1.90. The molecule has 1 heterocycles. The van der Waals surface area contributed by atoms with Gasteiger partial charge in [0.25, 0.3) is 0 Å². The molecule has 0 atom stereocenters. The first-order valence-corrected chi connectivity index (χ1v) is 8.70. The first kappa shape index (κ1) is 15.2. The highest BCUT2D eigenvalue weighted by molar-refractivity contribution is 7.99. The maximum atomic E-state index is 11.2. The van der Waals surface area contributed by atoms with Gasteiger partial charge < -0.3 is 9.72 Å². The van der Waals surface area contributed by atoms with Crippen molar-refractivity contribution in [1.82, 2.24) is 9.97 Å². The summed E-state index contributed by atoms with van der Waals surface area (Å²) < 4.78 is 4.57. The Morgan fingerprint density at radius 3 is 3.00 bits per heavy atom. The number of hydrogen-bond acceptors (Lipinski definition) is 4. The molecule has 118 valence electrons. The smallest absolute Gasteiger partial charge is 0.413 e. The molecule has 0 aliphatic heterocycles. The van der Waals surface area contributed by atoms with Crippen molar-refractivity contribution < 1.29 is 9.53 Å². The van der Waals surface area contributed by atoms with E-state index in [4.69, 9.17) is 0 Å². The van der Waals surface area contributed by atoms with E-state index in [1.54, 1.807) is 0 Å². The molecule has 1 aliphatic carbocycles. The van der Waals surface area contributed by atoms with Gasteiger partial charge in [-0.1, -0.05) is 19.3 Å². The quantitative estimate of drug-likeness (QED) is 0.819. The first-order valence-electron chi connectivity index (χ1n) is 7.72. The van der Waals surface area contributed by atoms with Crippen LogP contribution in [-0.4, -0.2) is 28.9 Å². The number of nitrogens with one attached hydrogen (secondary N) is 2. The molecule has 0 bridgehead atoms. The molecule has 0 saturated heterocycles. The van der Waals surface area contributed by atoms with Crippen molar-refractivity contribution >= 4 is 34.8 Å². The molecule has 1 aliphatic rings. The second-order valence-corrected chi connectivity index (χ2v) is 6.79. The zero-order valence-corrected chi connectivity index (χ0v) is 13.5. The summed E-state index contributed by atoms with van der Waals surface area (Å²) in [5, 5.41) is 2.55. The lowest BCUT2D eigenvalue weighted by Crippen LogP contribution is -2.11. The summed E-state index contributed by atoms with van der Waals surface area (Å²) in [5.41, 5.74) is 1.77. The van der Waals surface area contributed by atoms with E-state index in [-0.39, 0.29) is 0 Å². The highest BCUT2D eigenvalue weighted by Crippen LogP contribution is 2.31. The number of rotatable bonds is 4. The summed E-state index contributed by atoms with van der Waals surface area (Å²) in [6.07, 6.45) is 6.37. The van der Waals surface area contributed by atoms with Crippen LogP contribution in [0.3, 0.4) is 0 Å². The average Bonchev–Trinajstić information content (AvgIpc) is 2.95. The third-order valence-electron chi connectivity index (χ3n) is 4.07. The number of aromatic amines is 1. The van der Waals surface area contributed by atoms with Crippen molar-refractivity contribution in [2.75, 3.05) is 18.2 Å². The van der Waals surface area contributed by atoms with Crippen LogP contribution >= 0.6 is 11.8 Å². The van der Waals surface area contributed by atoms with Crippen LogP contribution in [0.2, 0.25) is 0 Å². The number of methoxy groups -OCH3 is 1. The monoisotopic (exact) mass is 319 g/mol. The Bertz CT molecular complexity index is 650. The number of anilines is 1. The molecule has 1 fully saturated rings. The molecule has 22 heavy (non-hydrogen) atoms. The van der Waals surface area contributed by atoms with Crippen LogP contribution in [0.25, 0.3) is 11.0 Å². The largest absolute Gasteiger partial charge is 0.453 e. The normalized spacial score (nSPS) is 15.9. The maximum Gasteiger partial charge on any atom is 0.413 e. The Labute approximate surface area is 134 Å². The predicted octanol–water partition coefficient (Wildman–Crippen LogP) is 4.41. The van der Waals surface area contributed by atoms with Crippen LogP contribution in [0, 0.1) is 5.92 Å². The summed E-state index contributed by atoms with van der Waals surface area (Å²) in [5.74, 6) is 2.45. The van der Waals surface area contributed by atoms with Crippen LogP contribution in [-0.2, 0) is 4.74 Å². The molecule has 0 unspecified atom stereocenters. The van der Waals surface area contributed by atoms with E-state index in [1.807, 2.05) is 17.8 Å². The van der Waals surface area contributed by atoms with E-state index in [2.05, 4.69) is 32.2 Å². The van der Waals surface area contributed by atoms with Crippen LogP contribution < -0.4 is 5.32 Å². The van der Waals surface area contributed by atoms with E-state index in [1.165, 1.54) is 49.9 Å². The second-order valence-electron chi connectivity index (χ2n) is 5.70. The average molecular weight is 319 g/mol. The van der Waals surface area contributed by atoms with Crippen LogP contribution in [0.1, 0.15) is 32.1 Å². The number of nitrogens with zero attached hydrogens (tertiary/aromatic N) is 1. The number of imidazole rings is 1. The molecule has 3 rings (SSSR count). The molecule has 1 amide bonds. The van der Waals surface area contributed by atoms with Crippen molar-refractivity contribution in [2.45, 2.75) is 37.0 Å². The van der Waals surface area contributed by atoms with Crippen molar-refractivity contribution in [3.8, 4) is 0 Å². The minimum atomic E-state index is -0.522. The van der Waals surface area contributed by atoms with Gasteiger partial charge in [-0.05, 0) is 37.0 Å². The highest BCUT2D eigenvalue weighted by atomic mass is 32.2. The predicted molar refractivity (Wildman–Crippen MR) is 89.4 cm³/mol. The van der Waals surface area contributed by atoms with Gasteiger partial charge in [-0.25, -0.2) is 9.78 Å². The fraction of sp³-hybridized carbons (Fsp3) is 0.500. The fourth-order valence-corrected chi connectivity index (χ4v) is 3.97. The molecule has 0 spiro atoms. The minimum absolute atomic E-state index is 0.413. The molecule has 6 heteroatoms. The summed E-state index contributed by atoms with van der Waals surface area (Å²) in [7, 11) is 1.33. The first-order chi connectivity index (χ1) is 10.7. The summed E-state index contributed by atoms with van der Waals surface area (Å²) in [4.78, 5) is 19.9. The number of benzene rings is 1. The van der Waals surface area contributed by atoms with Crippen molar-refractivity contribution in [3.63, 3.8) is 0 Å². The Kier molecular flexibility index (Phi) is 4.87. The van der Waals surface area contributed by atoms with Gasteiger partial charge in [-0.2, -0.15) is 0 Å². The Hall–Kier alpha value is -1.69. The van der Waals surface area contributed by atoms with Crippen molar-refractivity contribution in [2.24, 2.45) is 5.92 Å². The van der Waals surface area contributed by atoms with Gasteiger partial charge in [0.15, 0.2) is 0 Å². The number of thioether (sulfide) groups is 1. The van der Waals surface area contributed by atoms with E-state index in [0.29, 0.717) is 5.95 Å². The van der Waals surface area contributed by atoms with E-state index in [9.17, 15) is 4.79 Å². The molecular formula is C16H21N3O2S. The lowest BCUT2D eigenvalue weighted by molar-refractivity contribution is 0.186. The van der Waals surface area contributed by atoms with Gasteiger partial charge in [0.05, 0.1) is 18.1 Å². The molecular weight excluding hydrogens is 298 g/mol. The third kappa shape index (κ3) is 3.74. The number of aromatic nitrogens is 2. The number of ether oxygens (including phenoxy) is 1. The zero-order valence-electron chi connectivity index (χ0n) is 12.7. The number of fused-ring (bicyclic) bond motifs is 1. The topological polar surface area (TPSA) is 67.0 Å². The zero-order chi connectivity index (χ0) is 15.4. The van der Waals surface area contributed by atoms with Gasteiger partial charge in [0.1, 0.15) is 0 Å². The summed E-state index contributed by atoms with van der Waals surface area (Å²) in [6.45, 7) is 0. The number of carbonyl (C=O) groups is 1. The molecule has 1 saturated carbocycles. The fourth-order valence-electron chi connectivity index (χ4n) is 2.85. The van der Waals surface area contributed by atoms with Crippen molar-refractivity contribution in [3.05, 3.63) is 18.2 Å². The standard InChI is InChI=1S/C16H21N3O2S/c1-21-16(20)19-15-17-13-8-7-12(9-14(13)18-15)22-10-11-5-3-2-4-6-11/h7-9,11H,2-6,10H2,1H3,(H2,17,18,19,20). The van der Waals surface area contributed by atoms with Gasteiger partial charge in [0.2, 0.25) is 5.95 Å². The van der Waals surface area contributed by atoms with Crippen LogP contribution in [0.5, 0.6) is 0 Å². The lowest BCUT2D eigenvalue weighted by atomic mass is 9.91. The number of amides is 1.